The van der Waals surface area contributed by atoms with E-state index in [1.54, 1.807) is 18.3 Å². The molecule has 0 spiro atoms. The Labute approximate surface area is 139 Å². The van der Waals surface area contributed by atoms with E-state index in [0.717, 1.165) is 5.16 Å². The minimum atomic E-state index is -0.313. The van der Waals surface area contributed by atoms with E-state index in [1.165, 1.54) is 56.0 Å². The summed E-state index contributed by atoms with van der Waals surface area (Å²) in [6.07, 6.45) is 10.0. The molecule has 1 heterocycles. The van der Waals surface area contributed by atoms with Gasteiger partial charge in [0.25, 0.3) is 0 Å². The summed E-state index contributed by atoms with van der Waals surface area (Å²) in [7, 11) is 0. The number of aromatic nitrogens is 2. The molecule has 1 aromatic heterocycles. The molecule has 0 unspecified atom stereocenters. The van der Waals surface area contributed by atoms with Gasteiger partial charge < -0.3 is 9.88 Å². The number of hydrogen-bond donors (Lipinski definition) is 1. The van der Waals surface area contributed by atoms with Crippen molar-refractivity contribution in [2.24, 2.45) is 0 Å². The maximum Gasteiger partial charge on any atom is 0.234 e. The third kappa shape index (κ3) is 4.34. The molecule has 4 nitrogen and oxygen atoms in total. The monoisotopic (exact) mass is 333 g/mol. The van der Waals surface area contributed by atoms with Gasteiger partial charge in [0, 0.05) is 24.1 Å². The molecule has 1 fully saturated rings. The Morgan fingerprint density at radius 3 is 2.74 bits per heavy atom. The number of anilines is 1. The summed E-state index contributed by atoms with van der Waals surface area (Å²) in [5.74, 6) is -0.132. The lowest BCUT2D eigenvalue weighted by molar-refractivity contribution is -0.113. The molecule has 0 aliphatic heterocycles. The van der Waals surface area contributed by atoms with E-state index in [0.29, 0.717) is 17.5 Å². The zero-order valence-corrected chi connectivity index (χ0v) is 13.7. The van der Waals surface area contributed by atoms with Crippen molar-refractivity contribution >= 4 is 23.4 Å². The molecule has 3 rings (SSSR count). The SMILES string of the molecule is O=C(CSc1nccn1C1CCCCC1)Nc1ccc(F)cc1. The molecule has 1 aliphatic rings. The van der Waals surface area contributed by atoms with E-state index >= 15 is 0 Å². The number of nitrogens with zero attached hydrogens (tertiary/aromatic N) is 2. The van der Waals surface area contributed by atoms with Crippen LogP contribution in [0.5, 0.6) is 0 Å². The second-order valence-corrected chi connectivity index (χ2v) is 6.70. The first kappa shape index (κ1) is 16.1. The van der Waals surface area contributed by atoms with E-state index in [1.807, 2.05) is 6.20 Å². The lowest BCUT2D eigenvalue weighted by Crippen LogP contribution is -2.16. The molecule has 0 bridgehead atoms. The molecule has 2 aromatic rings. The van der Waals surface area contributed by atoms with Gasteiger partial charge in [-0.25, -0.2) is 9.37 Å². The fourth-order valence-corrected chi connectivity index (χ4v) is 3.74. The first-order valence-corrected chi connectivity index (χ1v) is 8.92. The Balaban J connectivity index is 1.55. The van der Waals surface area contributed by atoms with Crippen LogP contribution in [0.3, 0.4) is 0 Å². The van der Waals surface area contributed by atoms with Crippen LogP contribution in [0.2, 0.25) is 0 Å². The first-order valence-electron chi connectivity index (χ1n) is 7.93. The van der Waals surface area contributed by atoms with Crippen molar-refractivity contribution in [1.82, 2.24) is 9.55 Å². The van der Waals surface area contributed by atoms with Gasteiger partial charge in [-0.05, 0) is 37.1 Å². The molecular formula is C17H20FN3OS. The van der Waals surface area contributed by atoms with Crippen LogP contribution in [-0.4, -0.2) is 21.2 Å². The van der Waals surface area contributed by atoms with Crippen molar-refractivity contribution in [1.29, 1.82) is 0 Å². The molecule has 122 valence electrons. The number of rotatable bonds is 5. The third-order valence-electron chi connectivity index (χ3n) is 4.06. The lowest BCUT2D eigenvalue weighted by Gasteiger charge is -2.24. The van der Waals surface area contributed by atoms with Crippen LogP contribution in [-0.2, 0) is 4.79 Å². The fraction of sp³-hybridized carbons (Fsp3) is 0.412. The van der Waals surface area contributed by atoms with Crippen molar-refractivity contribution in [3.05, 3.63) is 42.5 Å². The number of amides is 1. The van der Waals surface area contributed by atoms with Crippen molar-refractivity contribution in [2.45, 2.75) is 43.3 Å². The Bertz CT molecular complexity index is 650. The second kappa shape index (κ2) is 7.64. The van der Waals surface area contributed by atoms with Crippen LogP contribution in [0, 0.1) is 5.82 Å². The molecular weight excluding hydrogens is 313 g/mol. The standard InChI is InChI=1S/C17H20FN3OS/c18-13-6-8-14(9-7-13)20-16(22)12-23-17-19-10-11-21(17)15-4-2-1-3-5-15/h6-11,15H,1-5,12H2,(H,20,22). The summed E-state index contributed by atoms with van der Waals surface area (Å²) < 4.78 is 15.1. The smallest absolute Gasteiger partial charge is 0.234 e. The molecule has 23 heavy (non-hydrogen) atoms. The van der Waals surface area contributed by atoms with Gasteiger partial charge in [0.1, 0.15) is 5.82 Å². The van der Waals surface area contributed by atoms with Gasteiger partial charge in [0.15, 0.2) is 5.16 Å². The van der Waals surface area contributed by atoms with E-state index in [-0.39, 0.29) is 11.7 Å². The van der Waals surface area contributed by atoms with Gasteiger partial charge in [-0.2, -0.15) is 0 Å². The van der Waals surface area contributed by atoms with Gasteiger partial charge >= 0.3 is 0 Å². The van der Waals surface area contributed by atoms with Crippen molar-refractivity contribution in [3.63, 3.8) is 0 Å². The van der Waals surface area contributed by atoms with Crippen molar-refractivity contribution in [3.8, 4) is 0 Å². The zero-order chi connectivity index (χ0) is 16.1. The minimum Gasteiger partial charge on any atom is -0.325 e. The zero-order valence-electron chi connectivity index (χ0n) is 12.9. The summed E-state index contributed by atoms with van der Waals surface area (Å²) in [5, 5.41) is 3.66. The minimum absolute atomic E-state index is 0.111. The fourth-order valence-electron chi connectivity index (χ4n) is 2.91. The molecule has 1 aliphatic carbocycles. The van der Waals surface area contributed by atoms with E-state index in [2.05, 4.69) is 14.9 Å². The van der Waals surface area contributed by atoms with E-state index in [9.17, 15) is 9.18 Å². The number of carbonyl (C=O) groups excluding carboxylic acids is 1. The van der Waals surface area contributed by atoms with Crippen molar-refractivity contribution in [2.75, 3.05) is 11.1 Å². The Morgan fingerprint density at radius 2 is 2.00 bits per heavy atom. The summed E-state index contributed by atoms with van der Waals surface area (Å²) in [5.41, 5.74) is 0.604. The van der Waals surface area contributed by atoms with Crippen LogP contribution < -0.4 is 5.32 Å². The lowest BCUT2D eigenvalue weighted by atomic mass is 9.95. The highest BCUT2D eigenvalue weighted by Crippen LogP contribution is 2.31. The second-order valence-electron chi connectivity index (χ2n) is 5.75. The van der Waals surface area contributed by atoms with Gasteiger partial charge in [-0.1, -0.05) is 31.0 Å². The van der Waals surface area contributed by atoms with Gasteiger partial charge in [0.2, 0.25) is 5.91 Å². The number of carbonyl (C=O) groups is 1. The average Bonchev–Trinajstić information content (AvgIpc) is 3.04. The molecule has 0 radical (unpaired) electrons. The Morgan fingerprint density at radius 1 is 1.26 bits per heavy atom. The van der Waals surface area contributed by atoms with Gasteiger partial charge in [0.05, 0.1) is 5.75 Å². The third-order valence-corrected chi connectivity index (χ3v) is 5.04. The number of halogens is 1. The van der Waals surface area contributed by atoms with Gasteiger partial charge in [-0.3, -0.25) is 4.79 Å². The molecule has 1 saturated carbocycles. The van der Waals surface area contributed by atoms with Crippen LogP contribution in [0.1, 0.15) is 38.1 Å². The number of hydrogen-bond acceptors (Lipinski definition) is 3. The molecule has 0 saturated heterocycles. The largest absolute Gasteiger partial charge is 0.325 e. The molecule has 0 atom stereocenters. The van der Waals surface area contributed by atoms with E-state index < -0.39 is 0 Å². The van der Waals surface area contributed by atoms with Crippen LogP contribution in [0.4, 0.5) is 10.1 Å². The quantitative estimate of drug-likeness (QED) is 0.832. The Kier molecular flexibility index (Phi) is 5.33. The van der Waals surface area contributed by atoms with Crippen LogP contribution >= 0.6 is 11.8 Å². The first-order chi connectivity index (χ1) is 11.2. The predicted octanol–water partition coefficient (Wildman–Crippen LogP) is 4.26. The van der Waals surface area contributed by atoms with Crippen LogP contribution in [0.15, 0.2) is 41.8 Å². The summed E-state index contributed by atoms with van der Waals surface area (Å²) in [6, 6.07) is 6.28. The van der Waals surface area contributed by atoms with Crippen molar-refractivity contribution < 1.29 is 9.18 Å². The molecule has 1 aromatic carbocycles. The predicted molar refractivity (Wildman–Crippen MR) is 90.1 cm³/mol. The molecule has 6 heteroatoms. The number of nitrogens with one attached hydrogen (secondary N) is 1. The highest BCUT2D eigenvalue weighted by Gasteiger charge is 2.18. The normalized spacial score (nSPS) is 15.5. The van der Waals surface area contributed by atoms with E-state index in [4.69, 9.17) is 0 Å². The molecule has 1 N–H and O–H groups in total. The number of benzene rings is 1. The van der Waals surface area contributed by atoms with Crippen LogP contribution in [0.25, 0.3) is 0 Å². The highest BCUT2D eigenvalue weighted by molar-refractivity contribution is 7.99. The summed E-state index contributed by atoms with van der Waals surface area (Å²) >= 11 is 1.44. The Hall–Kier alpha value is -1.82. The summed E-state index contributed by atoms with van der Waals surface area (Å²) in [6.45, 7) is 0. The maximum absolute atomic E-state index is 12.9. The highest BCUT2D eigenvalue weighted by atomic mass is 32.2. The topological polar surface area (TPSA) is 46.9 Å². The maximum atomic E-state index is 12.9. The molecule has 1 amide bonds. The summed E-state index contributed by atoms with van der Waals surface area (Å²) in [4.78, 5) is 16.4. The average molecular weight is 333 g/mol. The number of thioether (sulfide) groups is 1. The van der Waals surface area contributed by atoms with Gasteiger partial charge in [-0.15, -0.1) is 0 Å². The number of imidazole rings is 1.